The van der Waals surface area contributed by atoms with E-state index in [1.807, 2.05) is 25.1 Å². The molecule has 4 heteroatoms. The number of ether oxygens (including phenoxy) is 2. The van der Waals surface area contributed by atoms with Gasteiger partial charge >= 0.3 is 0 Å². The van der Waals surface area contributed by atoms with Gasteiger partial charge in [0.2, 0.25) is 0 Å². The Balaban J connectivity index is 2.55. The number of hydrogen-bond acceptors (Lipinski definition) is 4. The van der Waals surface area contributed by atoms with Crippen molar-refractivity contribution in [2.24, 2.45) is 5.73 Å². The van der Waals surface area contributed by atoms with Gasteiger partial charge in [-0.15, -0.1) is 0 Å². The van der Waals surface area contributed by atoms with Crippen LogP contribution in [0.3, 0.4) is 0 Å². The van der Waals surface area contributed by atoms with Crippen LogP contribution in [0.1, 0.15) is 19.8 Å². The van der Waals surface area contributed by atoms with Crippen LogP contribution < -0.4 is 20.5 Å². The Hall–Kier alpha value is -1.42. The van der Waals surface area contributed by atoms with Gasteiger partial charge in [0.15, 0.2) is 0 Å². The van der Waals surface area contributed by atoms with E-state index in [0.717, 1.165) is 36.6 Å². The molecule has 0 aromatic heterocycles. The predicted molar refractivity (Wildman–Crippen MR) is 70.9 cm³/mol. The Labute approximate surface area is 103 Å². The maximum Gasteiger partial charge on any atom is 0.142 e. The Morgan fingerprint density at radius 2 is 2.06 bits per heavy atom. The summed E-state index contributed by atoms with van der Waals surface area (Å²) in [7, 11) is 3.32. The van der Waals surface area contributed by atoms with Gasteiger partial charge in [0.25, 0.3) is 0 Å². The topological polar surface area (TPSA) is 56.5 Å². The van der Waals surface area contributed by atoms with Crippen molar-refractivity contribution < 1.29 is 9.47 Å². The molecule has 0 fully saturated rings. The smallest absolute Gasteiger partial charge is 0.142 e. The lowest BCUT2D eigenvalue weighted by molar-refractivity contribution is 0.404. The standard InChI is InChI=1S/C13H22N2O2/c1-10(14)5-4-8-15-12-9-11(16-2)6-7-13(12)17-3/h6-7,9-10,15H,4-5,8,14H2,1-3H3. The number of methoxy groups -OCH3 is 2. The van der Waals surface area contributed by atoms with Crippen molar-refractivity contribution >= 4 is 5.69 Å². The predicted octanol–water partition coefficient (Wildman–Crippen LogP) is 2.24. The molecule has 3 N–H and O–H groups in total. The monoisotopic (exact) mass is 238 g/mol. The number of rotatable bonds is 7. The van der Waals surface area contributed by atoms with E-state index in [0.29, 0.717) is 0 Å². The third-order valence-corrected chi connectivity index (χ3v) is 2.56. The molecule has 4 nitrogen and oxygen atoms in total. The number of benzene rings is 1. The second kappa shape index (κ2) is 7.01. The Bertz CT molecular complexity index is 340. The average Bonchev–Trinajstić information content (AvgIpc) is 2.34. The van der Waals surface area contributed by atoms with E-state index in [2.05, 4.69) is 5.32 Å². The third kappa shape index (κ3) is 4.53. The van der Waals surface area contributed by atoms with Crippen LogP contribution in [0.25, 0.3) is 0 Å². The van der Waals surface area contributed by atoms with E-state index >= 15 is 0 Å². The molecule has 0 aliphatic rings. The minimum absolute atomic E-state index is 0.254. The van der Waals surface area contributed by atoms with Crippen LogP contribution in [0.5, 0.6) is 11.5 Å². The van der Waals surface area contributed by atoms with Gasteiger partial charge in [-0.3, -0.25) is 0 Å². The van der Waals surface area contributed by atoms with Crippen molar-refractivity contribution in [2.75, 3.05) is 26.1 Å². The van der Waals surface area contributed by atoms with Gasteiger partial charge in [0.05, 0.1) is 19.9 Å². The van der Waals surface area contributed by atoms with Crippen molar-refractivity contribution in [3.8, 4) is 11.5 Å². The van der Waals surface area contributed by atoms with Gasteiger partial charge < -0.3 is 20.5 Å². The quantitative estimate of drug-likeness (QED) is 0.715. The fourth-order valence-electron chi connectivity index (χ4n) is 1.60. The highest BCUT2D eigenvalue weighted by atomic mass is 16.5. The zero-order valence-electron chi connectivity index (χ0n) is 10.8. The van der Waals surface area contributed by atoms with Crippen LogP contribution in [0.15, 0.2) is 18.2 Å². The van der Waals surface area contributed by atoms with E-state index < -0.39 is 0 Å². The molecule has 0 aliphatic carbocycles. The summed E-state index contributed by atoms with van der Waals surface area (Å²) >= 11 is 0. The maximum atomic E-state index is 5.70. The highest BCUT2D eigenvalue weighted by Gasteiger charge is 2.04. The van der Waals surface area contributed by atoms with Gasteiger partial charge in [-0.25, -0.2) is 0 Å². The molecule has 0 amide bonds. The van der Waals surface area contributed by atoms with Gasteiger partial charge in [-0.1, -0.05) is 0 Å². The molecule has 0 heterocycles. The molecule has 1 unspecified atom stereocenters. The average molecular weight is 238 g/mol. The van der Waals surface area contributed by atoms with E-state index in [-0.39, 0.29) is 6.04 Å². The molecule has 1 aromatic rings. The van der Waals surface area contributed by atoms with Crippen molar-refractivity contribution in [3.63, 3.8) is 0 Å². The molecule has 0 radical (unpaired) electrons. The largest absolute Gasteiger partial charge is 0.497 e. The SMILES string of the molecule is COc1ccc(OC)c(NCCCC(C)N)c1. The van der Waals surface area contributed by atoms with Crippen LogP contribution in [0.2, 0.25) is 0 Å². The zero-order chi connectivity index (χ0) is 12.7. The van der Waals surface area contributed by atoms with Crippen LogP contribution >= 0.6 is 0 Å². The molecule has 0 saturated carbocycles. The lowest BCUT2D eigenvalue weighted by Crippen LogP contribution is -2.16. The van der Waals surface area contributed by atoms with Crippen LogP contribution in [-0.2, 0) is 0 Å². The number of anilines is 1. The summed E-state index contributed by atoms with van der Waals surface area (Å²) in [5.41, 5.74) is 6.66. The lowest BCUT2D eigenvalue weighted by atomic mass is 10.2. The van der Waals surface area contributed by atoms with Crippen LogP contribution in [-0.4, -0.2) is 26.8 Å². The van der Waals surface area contributed by atoms with Gasteiger partial charge in [-0.2, -0.15) is 0 Å². The first kappa shape index (κ1) is 13.6. The molecule has 1 atom stereocenters. The highest BCUT2D eigenvalue weighted by molar-refractivity contribution is 5.59. The minimum Gasteiger partial charge on any atom is -0.497 e. The van der Waals surface area contributed by atoms with Crippen LogP contribution in [0, 0.1) is 0 Å². The van der Waals surface area contributed by atoms with Gasteiger partial charge in [0, 0.05) is 18.7 Å². The third-order valence-electron chi connectivity index (χ3n) is 2.56. The molecule has 0 spiro atoms. The van der Waals surface area contributed by atoms with Crippen molar-refractivity contribution in [1.82, 2.24) is 0 Å². The Morgan fingerprint density at radius 3 is 2.65 bits per heavy atom. The first-order valence-electron chi connectivity index (χ1n) is 5.89. The summed E-state index contributed by atoms with van der Waals surface area (Å²) in [5.74, 6) is 1.65. The molecular formula is C13H22N2O2. The van der Waals surface area contributed by atoms with E-state index in [1.54, 1.807) is 14.2 Å². The lowest BCUT2D eigenvalue weighted by Gasteiger charge is -2.13. The second-order valence-corrected chi connectivity index (χ2v) is 4.11. The molecular weight excluding hydrogens is 216 g/mol. The van der Waals surface area contributed by atoms with Gasteiger partial charge in [-0.05, 0) is 31.9 Å². The maximum absolute atomic E-state index is 5.70. The molecule has 1 aromatic carbocycles. The first-order chi connectivity index (χ1) is 8.17. The molecule has 0 saturated heterocycles. The highest BCUT2D eigenvalue weighted by Crippen LogP contribution is 2.28. The van der Waals surface area contributed by atoms with Crippen molar-refractivity contribution in [3.05, 3.63) is 18.2 Å². The summed E-state index contributed by atoms with van der Waals surface area (Å²) < 4.78 is 10.5. The number of nitrogens with one attached hydrogen (secondary N) is 1. The van der Waals surface area contributed by atoms with E-state index in [4.69, 9.17) is 15.2 Å². The molecule has 96 valence electrons. The Morgan fingerprint density at radius 1 is 1.29 bits per heavy atom. The summed E-state index contributed by atoms with van der Waals surface area (Å²) in [6.07, 6.45) is 2.05. The summed E-state index contributed by atoms with van der Waals surface area (Å²) in [5, 5.41) is 3.33. The first-order valence-corrected chi connectivity index (χ1v) is 5.89. The summed E-state index contributed by atoms with van der Waals surface area (Å²) in [6.45, 7) is 2.90. The van der Waals surface area contributed by atoms with Crippen molar-refractivity contribution in [2.45, 2.75) is 25.8 Å². The van der Waals surface area contributed by atoms with Crippen LogP contribution in [0.4, 0.5) is 5.69 Å². The number of nitrogens with two attached hydrogens (primary N) is 1. The molecule has 1 rings (SSSR count). The Kier molecular flexibility index (Phi) is 5.63. The molecule has 0 aliphatic heterocycles. The summed E-state index contributed by atoms with van der Waals surface area (Å²) in [4.78, 5) is 0. The zero-order valence-corrected chi connectivity index (χ0v) is 10.8. The van der Waals surface area contributed by atoms with Gasteiger partial charge in [0.1, 0.15) is 11.5 Å². The minimum atomic E-state index is 0.254. The molecule has 0 bridgehead atoms. The normalized spacial score (nSPS) is 12.0. The second-order valence-electron chi connectivity index (χ2n) is 4.11. The molecule has 17 heavy (non-hydrogen) atoms. The van der Waals surface area contributed by atoms with Crippen molar-refractivity contribution in [1.29, 1.82) is 0 Å². The van der Waals surface area contributed by atoms with E-state index in [1.165, 1.54) is 0 Å². The van der Waals surface area contributed by atoms with E-state index in [9.17, 15) is 0 Å². The fourth-order valence-corrected chi connectivity index (χ4v) is 1.60. The summed E-state index contributed by atoms with van der Waals surface area (Å²) in [6, 6.07) is 5.97. The number of hydrogen-bond donors (Lipinski definition) is 2. The fraction of sp³-hybridized carbons (Fsp3) is 0.538.